The number of anilines is 1. The summed E-state index contributed by atoms with van der Waals surface area (Å²) in [6, 6.07) is -0.381. The van der Waals surface area contributed by atoms with Gasteiger partial charge in [0.15, 0.2) is 0 Å². The van der Waals surface area contributed by atoms with Crippen LogP contribution in [0.25, 0.3) is 0 Å². The van der Waals surface area contributed by atoms with E-state index in [1.54, 1.807) is 0 Å². The van der Waals surface area contributed by atoms with Gasteiger partial charge in [-0.25, -0.2) is 4.79 Å². The predicted molar refractivity (Wildman–Crippen MR) is 73.0 cm³/mol. The third-order valence-corrected chi connectivity index (χ3v) is 2.46. The number of carbonyl (C=O) groups is 2. The van der Waals surface area contributed by atoms with Gasteiger partial charge in [0, 0.05) is 30.1 Å². The lowest BCUT2D eigenvalue weighted by atomic mass is 10.1. The van der Waals surface area contributed by atoms with Crippen LogP contribution in [0.15, 0.2) is 18.2 Å². The largest absolute Gasteiger partial charge is 0.465 e. The fourth-order valence-electron chi connectivity index (χ4n) is 1.31. The Morgan fingerprint density at radius 3 is 2.80 bits per heavy atom. The van der Waals surface area contributed by atoms with Crippen molar-refractivity contribution in [1.82, 2.24) is 0 Å². The first-order valence-corrected chi connectivity index (χ1v) is 6.09. The normalized spacial score (nSPS) is 11.3. The lowest BCUT2D eigenvalue weighted by molar-refractivity contribution is -0.384. The molecule has 0 heterocycles. The maximum atomic E-state index is 11.7. The molecule has 0 aliphatic carbocycles. The summed E-state index contributed by atoms with van der Waals surface area (Å²) in [6.45, 7) is 0. The van der Waals surface area contributed by atoms with Crippen molar-refractivity contribution in [2.45, 2.75) is 12.8 Å². The van der Waals surface area contributed by atoms with Gasteiger partial charge in [-0.3, -0.25) is 14.9 Å². The molecular weight excluding hydrogens is 288 g/mol. The first-order chi connectivity index (χ1) is 10.3. The lowest BCUT2D eigenvalue weighted by Crippen LogP contribution is -2.12. The summed E-state index contributed by atoms with van der Waals surface area (Å²) < 4.78 is 20.0. The number of amides is 1. The number of ether oxygens (including phenoxy) is 1. The number of carbonyl (C=O) groups excluding carboxylic acids is 2. The summed E-state index contributed by atoms with van der Waals surface area (Å²) in [5.74, 6) is -1.28. The molecule has 1 N–H and O–H groups in total. The summed E-state index contributed by atoms with van der Waals surface area (Å²) in [6.07, 6.45) is 0.394. The standard InChI is InChI=1S/C12H13ClN2O5/c1-20-12(17)8-5-9(7-10(6-8)15(18)19)14-11(16)3-2-4-13/h5-7H,2-4H2,1H3,(H,14,16)/i5D,7D. The van der Waals surface area contributed by atoms with E-state index in [1.165, 1.54) is 0 Å². The third-order valence-electron chi connectivity index (χ3n) is 2.20. The quantitative estimate of drug-likeness (QED) is 0.376. The van der Waals surface area contributed by atoms with Gasteiger partial charge in [-0.2, -0.15) is 0 Å². The molecule has 0 saturated heterocycles. The average molecular weight is 303 g/mol. The number of hydrogen-bond donors (Lipinski definition) is 1. The molecule has 8 heteroatoms. The van der Waals surface area contributed by atoms with E-state index in [4.69, 9.17) is 14.3 Å². The molecule has 0 aliphatic heterocycles. The van der Waals surface area contributed by atoms with Crippen LogP contribution in [0.4, 0.5) is 11.4 Å². The molecule has 7 nitrogen and oxygen atoms in total. The maximum absolute atomic E-state index is 11.7. The predicted octanol–water partition coefficient (Wildman–Crippen LogP) is 2.34. The minimum Gasteiger partial charge on any atom is -0.465 e. The molecule has 0 fully saturated rings. The van der Waals surface area contributed by atoms with Crippen molar-refractivity contribution in [3.05, 3.63) is 33.8 Å². The van der Waals surface area contributed by atoms with Gasteiger partial charge in [-0.15, -0.1) is 11.6 Å². The Morgan fingerprint density at radius 1 is 1.55 bits per heavy atom. The molecule has 0 atom stereocenters. The number of nitro benzene ring substituents is 1. The van der Waals surface area contributed by atoms with Gasteiger partial charge in [-0.1, -0.05) is 0 Å². The van der Waals surface area contributed by atoms with Crippen molar-refractivity contribution < 1.29 is 22.0 Å². The van der Waals surface area contributed by atoms with E-state index in [0.29, 0.717) is 6.42 Å². The van der Waals surface area contributed by atoms with Gasteiger partial charge in [0.2, 0.25) is 5.91 Å². The van der Waals surface area contributed by atoms with E-state index in [1.807, 2.05) is 0 Å². The minimum atomic E-state index is -0.968. The minimum absolute atomic E-state index is 0.0264. The van der Waals surface area contributed by atoms with Gasteiger partial charge in [0.05, 0.1) is 20.3 Å². The van der Waals surface area contributed by atoms with Crippen LogP contribution in [0.3, 0.4) is 0 Å². The van der Waals surface area contributed by atoms with E-state index in [2.05, 4.69) is 10.1 Å². The van der Waals surface area contributed by atoms with Crippen LogP contribution in [0.1, 0.15) is 25.9 Å². The Labute approximate surface area is 122 Å². The van der Waals surface area contributed by atoms with Gasteiger partial charge in [-0.05, 0) is 12.5 Å². The first-order valence-electron chi connectivity index (χ1n) is 6.56. The van der Waals surface area contributed by atoms with Crippen molar-refractivity contribution in [3.63, 3.8) is 0 Å². The summed E-state index contributed by atoms with van der Waals surface area (Å²) in [5.41, 5.74) is -1.52. The van der Waals surface area contributed by atoms with E-state index < -0.39 is 45.8 Å². The number of alkyl halides is 1. The second-order valence-corrected chi connectivity index (χ2v) is 4.04. The van der Waals surface area contributed by atoms with Crippen molar-refractivity contribution >= 4 is 34.9 Å². The number of rotatable bonds is 6. The zero-order chi connectivity index (χ0) is 16.9. The number of methoxy groups -OCH3 is 1. The third kappa shape index (κ3) is 4.51. The molecule has 0 unspecified atom stereocenters. The highest BCUT2D eigenvalue weighted by atomic mass is 35.5. The number of halogens is 1. The molecule has 20 heavy (non-hydrogen) atoms. The van der Waals surface area contributed by atoms with Crippen LogP contribution in [0.2, 0.25) is 0 Å². The highest BCUT2D eigenvalue weighted by molar-refractivity contribution is 6.18. The molecule has 1 rings (SSSR count). The Kier molecular flexibility index (Phi) is 4.79. The number of hydrogen-bond acceptors (Lipinski definition) is 5. The lowest BCUT2D eigenvalue weighted by Gasteiger charge is -2.06. The first kappa shape index (κ1) is 12.9. The van der Waals surface area contributed by atoms with E-state index in [9.17, 15) is 19.7 Å². The average Bonchev–Trinajstić information content (AvgIpc) is 2.48. The van der Waals surface area contributed by atoms with Gasteiger partial charge >= 0.3 is 5.97 Å². The Balaban J connectivity index is 3.35. The Bertz CT molecular complexity index is 624. The number of benzene rings is 1. The van der Waals surface area contributed by atoms with Crippen LogP contribution < -0.4 is 5.32 Å². The summed E-state index contributed by atoms with van der Waals surface area (Å²) in [7, 11) is 1.06. The fraction of sp³-hybridized carbons (Fsp3) is 0.333. The maximum Gasteiger partial charge on any atom is 0.338 e. The number of nitrogens with zero attached hydrogens (tertiary/aromatic N) is 1. The molecule has 1 aromatic rings. The van der Waals surface area contributed by atoms with E-state index in [-0.39, 0.29) is 12.3 Å². The van der Waals surface area contributed by atoms with Crippen LogP contribution in [0, 0.1) is 10.1 Å². The Hall–Kier alpha value is -2.15. The molecular formula is C12H13ClN2O5. The van der Waals surface area contributed by atoms with Crippen molar-refractivity contribution in [1.29, 1.82) is 0 Å². The second kappa shape index (κ2) is 7.44. The van der Waals surface area contributed by atoms with Crippen LogP contribution in [-0.4, -0.2) is 29.8 Å². The molecule has 1 aromatic carbocycles. The summed E-state index contributed by atoms with van der Waals surface area (Å²) in [5, 5.41) is 13.2. The number of nitrogens with one attached hydrogen (secondary N) is 1. The van der Waals surface area contributed by atoms with Gasteiger partial charge in [0.25, 0.3) is 5.69 Å². The smallest absolute Gasteiger partial charge is 0.338 e. The summed E-state index contributed by atoms with van der Waals surface area (Å²) in [4.78, 5) is 33.3. The van der Waals surface area contributed by atoms with Crippen molar-refractivity contribution in [2.75, 3.05) is 18.3 Å². The molecule has 0 bridgehead atoms. The van der Waals surface area contributed by atoms with Gasteiger partial charge < -0.3 is 10.1 Å². The fourth-order valence-corrected chi connectivity index (χ4v) is 1.45. The monoisotopic (exact) mass is 302 g/mol. The Morgan fingerprint density at radius 2 is 2.25 bits per heavy atom. The van der Waals surface area contributed by atoms with Crippen LogP contribution >= 0.6 is 11.6 Å². The molecule has 0 radical (unpaired) electrons. The molecule has 0 saturated carbocycles. The molecule has 1 amide bonds. The van der Waals surface area contributed by atoms with E-state index in [0.717, 1.165) is 13.2 Å². The van der Waals surface area contributed by atoms with Gasteiger partial charge in [0.1, 0.15) is 0 Å². The molecule has 0 aromatic heterocycles. The number of esters is 1. The zero-order valence-electron chi connectivity index (χ0n) is 12.6. The second-order valence-electron chi connectivity index (χ2n) is 3.66. The summed E-state index contributed by atoms with van der Waals surface area (Å²) >= 11 is 5.46. The van der Waals surface area contributed by atoms with Crippen LogP contribution in [0.5, 0.6) is 0 Å². The zero-order valence-corrected chi connectivity index (χ0v) is 11.3. The molecule has 0 aliphatic rings. The molecule has 0 spiro atoms. The van der Waals surface area contributed by atoms with Crippen molar-refractivity contribution in [3.8, 4) is 0 Å². The highest BCUT2D eigenvalue weighted by Crippen LogP contribution is 2.21. The molecule has 108 valence electrons. The highest BCUT2D eigenvalue weighted by Gasteiger charge is 2.15. The van der Waals surface area contributed by atoms with Crippen LogP contribution in [-0.2, 0) is 9.53 Å². The SMILES string of the molecule is [2H]c1c(C(=O)OC)cc([N+](=O)[O-])c([2H])c1NC(=O)CCCCl. The topological polar surface area (TPSA) is 98.5 Å². The van der Waals surface area contributed by atoms with E-state index >= 15 is 0 Å². The number of nitro groups is 1. The van der Waals surface area contributed by atoms with Crippen molar-refractivity contribution in [2.24, 2.45) is 0 Å².